The minimum Gasteiger partial charge on any atom is -0.444 e. The molecule has 0 bridgehead atoms. The number of rotatable bonds is 6. The SMILES string of the molecule is CN(CCO)C(=O)c1ccc(N2CCC(N3C(=O)OCc4ccccc43)CC2)c([N+](=O)[O-])c1. The molecule has 2 aliphatic rings. The summed E-state index contributed by atoms with van der Waals surface area (Å²) in [6.45, 7) is 1.26. The molecular weight excluding hydrogens is 428 g/mol. The van der Waals surface area contributed by atoms with Crippen molar-refractivity contribution in [1.29, 1.82) is 0 Å². The van der Waals surface area contributed by atoms with Crippen LogP contribution in [-0.2, 0) is 11.3 Å². The Bertz CT molecular complexity index is 1070. The van der Waals surface area contributed by atoms with Gasteiger partial charge in [-0.25, -0.2) is 4.79 Å². The van der Waals surface area contributed by atoms with Crippen molar-refractivity contribution in [2.75, 3.05) is 43.1 Å². The standard InChI is InChI=1S/C23H26N4O6/c1-24(12-13-28)22(29)16-6-7-20(21(14-16)27(31)32)25-10-8-18(9-11-25)26-19-5-3-2-4-17(19)15-33-23(26)30/h2-7,14,18,28H,8-13,15H2,1H3. The van der Waals surface area contributed by atoms with Crippen LogP contribution in [0.5, 0.6) is 0 Å². The first-order chi connectivity index (χ1) is 15.9. The molecule has 4 rings (SSSR count). The van der Waals surface area contributed by atoms with Crippen molar-refractivity contribution in [2.24, 2.45) is 0 Å². The average Bonchev–Trinajstić information content (AvgIpc) is 2.83. The van der Waals surface area contributed by atoms with Gasteiger partial charge in [-0.2, -0.15) is 0 Å². The smallest absolute Gasteiger partial charge is 0.414 e. The quantitative estimate of drug-likeness (QED) is 0.527. The first kappa shape index (κ1) is 22.5. The van der Waals surface area contributed by atoms with Crippen LogP contribution in [0, 0.1) is 10.1 Å². The predicted molar refractivity (Wildman–Crippen MR) is 121 cm³/mol. The largest absolute Gasteiger partial charge is 0.444 e. The summed E-state index contributed by atoms with van der Waals surface area (Å²) in [7, 11) is 1.53. The van der Waals surface area contributed by atoms with E-state index < -0.39 is 4.92 Å². The highest BCUT2D eigenvalue weighted by Crippen LogP contribution is 2.35. The average molecular weight is 454 g/mol. The Morgan fingerprint density at radius 1 is 1.21 bits per heavy atom. The normalized spacial score (nSPS) is 16.2. The number of carbonyl (C=O) groups excluding carboxylic acids is 2. The van der Waals surface area contributed by atoms with Gasteiger partial charge in [-0.3, -0.25) is 19.8 Å². The van der Waals surface area contributed by atoms with E-state index in [1.54, 1.807) is 17.0 Å². The Balaban J connectivity index is 1.51. The minimum atomic E-state index is -0.484. The third kappa shape index (κ3) is 4.47. The second-order valence-electron chi connectivity index (χ2n) is 8.18. The summed E-state index contributed by atoms with van der Waals surface area (Å²) in [5.74, 6) is -0.389. The Morgan fingerprint density at radius 2 is 1.94 bits per heavy atom. The fourth-order valence-electron chi connectivity index (χ4n) is 4.43. The summed E-state index contributed by atoms with van der Waals surface area (Å²) in [6, 6.07) is 12.0. The minimum absolute atomic E-state index is 0.0674. The highest BCUT2D eigenvalue weighted by atomic mass is 16.6. The summed E-state index contributed by atoms with van der Waals surface area (Å²) >= 11 is 0. The molecule has 2 aromatic carbocycles. The van der Waals surface area contributed by atoms with Gasteiger partial charge >= 0.3 is 6.09 Å². The number of anilines is 2. The number of cyclic esters (lactones) is 1. The summed E-state index contributed by atoms with van der Waals surface area (Å²) < 4.78 is 5.34. The van der Waals surface area contributed by atoms with Gasteiger partial charge in [0.05, 0.1) is 17.2 Å². The third-order valence-corrected chi connectivity index (χ3v) is 6.17. The van der Waals surface area contributed by atoms with E-state index in [0.717, 1.165) is 11.3 Å². The molecule has 33 heavy (non-hydrogen) atoms. The molecule has 0 atom stereocenters. The van der Waals surface area contributed by atoms with Crippen molar-refractivity contribution in [3.05, 3.63) is 63.7 Å². The predicted octanol–water partition coefficient (Wildman–Crippen LogP) is 2.78. The number of carbonyl (C=O) groups is 2. The molecule has 0 radical (unpaired) electrons. The number of amides is 2. The maximum absolute atomic E-state index is 12.5. The lowest BCUT2D eigenvalue weighted by molar-refractivity contribution is -0.384. The number of hydrogen-bond donors (Lipinski definition) is 1. The van der Waals surface area contributed by atoms with E-state index in [9.17, 15) is 19.7 Å². The summed E-state index contributed by atoms with van der Waals surface area (Å²) in [6.07, 6.45) is 0.883. The van der Waals surface area contributed by atoms with E-state index in [4.69, 9.17) is 9.84 Å². The van der Waals surface area contributed by atoms with Crippen LogP contribution in [0.2, 0.25) is 0 Å². The number of aliphatic hydroxyl groups is 1. The van der Waals surface area contributed by atoms with Crippen molar-refractivity contribution in [2.45, 2.75) is 25.5 Å². The lowest BCUT2D eigenvalue weighted by Crippen LogP contribution is -2.49. The molecule has 174 valence electrons. The highest BCUT2D eigenvalue weighted by molar-refractivity contribution is 5.95. The van der Waals surface area contributed by atoms with Gasteiger partial charge in [0.2, 0.25) is 0 Å². The number of hydrogen-bond acceptors (Lipinski definition) is 7. The molecule has 1 fully saturated rings. The number of nitrogens with zero attached hydrogens (tertiary/aromatic N) is 4. The van der Waals surface area contributed by atoms with Crippen molar-refractivity contribution >= 4 is 29.1 Å². The molecule has 0 spiro atoms. The Kier molecular flexibility index (Phi) is 6.45. The van der Waals surface area contributed by atoms with E-state index in [2.05, 4.69) is 0 Å². The van der Waals surface area contributed by atoms with Gasteiger partial charge in [0.15, 0.2) is 0 Å². The summed E-state index contributed by atoms with van der Waals surface area (Å²) in [5, 5.41) is 20.8. The van der Waals surface area contributed by atoms with Crippen molar-refractivity contribution in [1.82, 2.24) is 4.90 Å². The number of para-hydroxylation sites is 1. The van der Waals surface area contributed by atoms with Gasteiger partial charge in [-0.1, -0.05) is 18.2 Å². The molecule has 10 nitrogen and oxygen atoms in total. The first-order valence-corrected chi connectivity index (χ1v) is 10.8. The molecule has 10 heteroatoms. The van der Waals surface area contributed by atoms with Gasteiger partial charge in [0.1, 0.15) is 12.3 Å². The zero-order chi connectivity index (χ0) is 23.5. The van der Waals surface area contributed by atoms with E-state index in [-0.39, 0.29) is 49.1 Å². The number of nitro groups is 1. The highest BCUT2D eigenvalue weighted by Gasteiger charge is 2.35. The number of fused-ring (bicyclic) bond motifs is 1. The van der Waals surface area contributed by atoms with Crippen LogP contribution < -0.4 is 9.80 Å². The van der Waals surface area contributed by atoms with E-state index in [0.29, 0.717) is 31.6 Å². The summed E-state index contributed by atoms with van der Waals surface area (Å²) in [4.78, 5) is 41.2. The second kappa shape index (κ2) is 9.45. The fraction of sp³-hybridized carbons (Fsp3) is 0.391. The van der Waals surface area contributed by atoms with E-state index in [1.165, 1.54) is 18.0 Å². The monoisotopic (exact) mass is 454 g/mol. The fourth-order valence-corrected chi connectivity index (χ4v) is 4.43. The Morgan fingerprint density at radius 3 is 2.64 bits per heavy atom. The van der Waals surface area contributed by atoms with Gasteiger partial charge in [0, 0.05) is 49.9 Å². The molecule has 1 saturated heterocycles. The molecule has 0 aromatic heterocycles. The van der Waals surface area contributed by atoms with Crippen LogP contribution in [0.3, 0.4) is 0 Å². The molecule has 2 aliphatic heterocycles. The van der Waals surface area contributed by atoms with Crippen LogP contribution in [-0.4, -0.2) is 66.3 Å². The maximum atomic E-state index is 12.5. The van der Waals surface area contributed by atoms with E-state index >= 15 is 0 Å². The zero-order valence-corrected chi connectivity index (χ0v) is 18.3. The maximum Gasteiger partial charge on any atom is 0.414 e. The second-order valence-corrected chi connectivity index (χ2v) is 8.18. The van der Waals surface area contributed by atoms with Crippen LogP contribution in [0.25, 0.3) is 0 Å². The van der Waals surface area contributed by atoms with Crippen molar-refractivity contribution < 1.29 is 24.4 Å². The lowest BCUT2D eigenvalue weighted by Gasteiger charge is -2.40. The van der Waals surface area contributed by atoms with Crippen molar-refractivity contribution in [3.63, 3.8) is 0 Å². The molecule has 0 aliphatic carbocycles. The van der Waals surface area contributed by atoms with Crippen LogP contribution in [0.4, 0.5) is 21.9 Å². The molecule has 2 heterocycles. The number of ether oxygens (including phenoxy) is 1. The van der Waals surface area contributed by atoms with Crippen LogP contribution in [0.1, 0.15) is 28.8 Å². The molecule has 0 unspecified atom stereocenters. The van der Waals surface area contributed by atoms with Crippen LogP contribution in [0.15, 0.2) is 42.5 Å². The third-order valence-electron chi connectivity index (χ3n) is 6.17. The Hall–Kier alpha value is -3.66. The molecule has 2 aromatic rings. The summed E-state index contributed by atoms with van der Waals surface area (Å²) in [5.41, 5.74) is 2.32. The number of likely N-dealkylation sites (N-methyl/N-ethyl adjacent to an activating group) is 1. The molecule has 2 amide bonds. The Labute approximate surface area is 191 Å². The molecular formula is C23H26N4O6. The van der Waals surface area contributed by atoms with Gasteiger partial charge in [0.25, 0.3) is 11.6 Å². The van der Waals surface area contributed by atoms with Gasteiger partial charge < -0.3 is 19.6 Å². The number of aliphatic hydroxyl groups excluding tert-OH is 1. The number of benzene rings is 2. The lowest BCUT2D eigenvalue weighted by atomic mass is 9.99. The zero-order valence-electron chi connectivity index (χ0n) is 18.3. The topological polar surface area (TPSA) is 116 Å². The number of nitro benzene ring substituents is 1. The molecule has 0 saturated carbocycles. The van der Waals surface area contributed by atoms with E-state index in [1.807, 2.05) is 29.2 Å². The van der Waals surface area contributed by atoms with Gasteiger partial charge in [-0.15, -0.1) is 0 Å². The molecule has 1 N–H and O–H groups in total. The number of piperidine rings is 1. The van der Waals surface area contributed by atoms with Crippen LogP contribution >= 0.6 is 0 Å². The van der Waals surface area contributed by atoms with Gasteiger partial charge in [-0.05, 0) is 31.0 Å². The first-order valence-electron chi connectivity index (χ1n) is 10.8. The van der Waals surface area contributed by atoms with Crippen molar-refractivity contribution in [3.8, 4) is 0 Å².